The van der Waals surface area contributed by atoms with E-state index in [1.165, 1.54) is 97.6 Å². The minimum atomic E-state index is 0.0813. The predicted octanol–water partition coefficient (Wildman–Crippen LogP) is 9.43. The molecule has 0 saturated heterocycles. The first-order valence-corrected chi connectivity index (χ1v) is 13.0. The van der Waals surface area contributed by atoms with Crippen LogP contribution in [0.3, 0.4) is 0 Å². The van der Waals surface area contributed by atoms with Crippen molar-refractivity contribution in [3.05, 3.63) is 83.4 Å². The quantitative estimate of drug-likeness (QED) is 0.275. The van der Waals surface area contributed by atoms with E-state index < -0.39 is 0 Å². The van der Waals surface area contributed by atoms with Crippen LogP contribution in [-0.4, -0.2) is 0 Å². The molecule has 0 saturated carbocycles. The average Bonchev–Trinajstić information content (AvgIpc) is 3.15. The largest absolute Gasteiger partial charge is 0.192 e. The van der Waals surface area contributed by atoms with E-state index in [9.17, 15) is 5.26 Å². The first-order valence-electron chi connectivity index (χ1n) is 13.0. The van der Waals surface area contributed by atoms with E-state index in [1.807, 2.05) is 12.1 Å². The van der Waals surface area contributed by atoms with Crippen molar-refractivity contribution in [2.24, 2.45) is 0 Å². The fourth-order valence-electron chi connectivity index (χ4n) is 5.88. The van der Waals surface area contributed by atoms with Crippen LogP contribution in [0.4, 0.5) is 0 Å². The van der Waals surface area contributed by atoms with Crippen LogP contribution in [-0.2, 0) is 5.41 Å². The Balaban J connectivity index is 1.85. The normalized spacial score (nSPS) is 13.4. The van der Waals surface area contributed by atoms with Crippen molar-refractivity contribution in [2.45, 2.75) is 83.5 Å². The van der Waals surface area contributed by atoms with Crippen molar-refractivity contribution in [3.63, 3.8) is 0 Å². The lowest BCUT2D eigenvalue weighted by Gasteiger charge is -2.34. The van der Waals surface area contributed by atoms with E-state index >= 15 is 0 Å². The van der Waals surface area contributed by atoms with Crippen LogP contribution >= 0.6 is 0 Å². The van der Waals surface area contributed by atoms with Gasteiger partial charge < -0.3 is 0 Å². The third-order valence-corrected chi connectivity index (χ3v) is 7.52. The Labute approximate surface area is 200 Å². The molecule has 3 aromatic rings. The maximum absolute atomic E-state index is 9.29. The average molecular weight is 436 g/mol. The lowest BCUT2D eigenvalue weighted by molar-refractivity contribution is 0.402. The molecule has 33 heavy (non-hydrogen) atoms. The van der Waals surface area contributed by atoms with Crippen molar-refractivity contribution in [1.82, 2.24) is 0 Å². The van der Waals surface area contributed by atoms with E-state index in [0.29, 0.717) is 0 Å². The van der Waals surface area contributed by atoms with Gasteiger partial charge in [-0.3, -0.25) is 0 Å². The van der Waals surface area contributed by atoms with Gasteiger partial charge in [0.05, 0.1) is 11.6 Å². The van der Waals surface area contributed by atoms with Crippen molar-refractivity contribution in [3.8, 4) is 28.3 Å². The number of hydrogen-bond donors (Lipinski definition) is 0. The smallest absolute Gasteiger partial charge is 0.0991 e. The van der Waals surface area contributed by atoms with Gasteiger partial charge in [0.2, 0.25) is 0 Å². The second-order valence-corrected chi connectivity index (χ2v) is 9.67. The van der Waals surface area contributed by atoms with Gasteiger partial charge in [-0.15, -0.1) is 0 Å². The van der Waals surface area contributed by atoms with Crippen molar-refractivity contribution in [1.29, 1.82) is 5.26 Å². The highest BCUT2D eigenvalue weighted by Crippen LogP contribution is 2.56. The summed E-state index contributed by atoms with van der Waals surface area (Å²) in [5, 5.41) is 9.29. The SMILES string of the molecule is CCCCCCC1(CCCCCC)c2ccccc2-c2cccc(-c3ccc(C#N)cc3)c21. The van der Waals surface area contributed by atoms with Gasteiger partial charge >= 0.3 is 0 Å². The molecule has 3 aromatic carbocycles. The van der Waals surface area contributed by atoms with E-state index in [4.69, 9.17) is 0 Å². The topological polar surface area (TPSA) is 23.8 Å². The molecule has 0 amide bonds. The third-order valence-electron chi connectivity index (χ3n) is 7.52. The van der Waals surface area contributed by atoms with E-state index in [0.717, 1.165) is 5.56 Å². The van der Waals surface area contributed by atoms with Crippen LogP contribution in [0.15, 0.2) is 66.7 Å². The minimum Gasteiger partial charge on any atom is -0.192 e. The standard InChI is InChI=1S/C32H37N/c1-3-5-7-11-22-32(23-12-8-6-4-2)30-17-10-9-14-28(30)29-16-13-15-27(31(29)32)26-20-18-25(24-33)19-21-26/h9-10,13-21H,3-8,11-12,22-23H2,1-2H3. The lowest BCUT2D eigenvalue weighted by atomic mass is 9.68. The molecule has 0 N–H and O–H groups in total. The zero-order valence-corrected chi connectivity index (χ0v) is 20.4. The zero-order chi connectivity index (χ0) is 23.1. The number of rotatable bonds is 11. The summed E-state index contributed by atoms with van der Waals surface area (Å²) in [5.74, 6) is 0. The number of nitrogens with zero attached hydrogens (tertiary/aromatic N) is 1. The number of fused-ring (bicyclic) bond motifs is 3. The highest BCUT2D eigenvalue weighted by Gasteiger charge is 2.43. The summed E-state index contributed by atoms with van der Waals surface area (Å²) >= 11 is 0. The minimum absolute atomic E-state index is 0.0813. The zero-order valence-electron chi connectivity index (χ0n) is 20.4. The highest BCUT2D eigenvalue weighted by atomic mass is 14.5. The Morgan fingerprint density at radius 1 is 0.636 bits per heavy atom. The number of benzene rings is 3. The van der Waals surface area contributed by atoms with Crippen LogP contribution < -0.4 is 0 Å². The second kappa shape index (κ2) is 10.8. The fourth-order valence-corrected chi connectivity index (χ4v) is 5.88. The molecule has 170 valence electrons. The number of hydrogen-bond acceptors (Lipinski definition) is 1. The molecule has 1 heteroatoms. The molecule has 1 aliphatic rings. The fraction of sp³-hybridized carbons (Fsp3) is 0.406. The van der Waals surface area contributed by atoms with Crippen molar-refractivity contribution < 1.29 is 0 Å². The van der Waals surface area contributed by atoms with Crippen LogP contribution in [0.1, 0.15) is 94.7 Å². The first kappa shape index (κ1) is 23.3. The molecule has 0 heterocycles. The summed E-state index contributed by atoms with van der Waals surface area (Å²) < 4.78 is 0. The molecule has 0 fully saturated rings. The van der Waals surface area contributed by atoms with Crippen LogP contribution in [0.25, 0.3) is 22.3 Å². The molecular formula is C32H37N. The molecule has 0 radical (unpaired) electrons. The summed E-state index contributed by atoms with van der Waals surface area (Å²) in [6, 6.07) is 26.5. The molecule has 0 aromatic heterocycles. The van der Waals surface area contributed by atoms with Gasteiger partial charge in [0, 0.05) is 5.41 Å². The van der Waals surface area contributed by atoms with Crippen LogP contribution in [0, 0.1) is 11.3 Å². The molecule has 0 unspecified atom stereocenters. The second-order valence-electron chi connectivity index (χ2n) is 9.67. The Bertz CT molecular complexity index is 1090. The first-order chi connectivity index (χ1) is 16.2. The van der Waals surface area contributed by atoms with Crippen molar-refractivity contribution in [2.75, 3.05) is 0 Å². The van der Waals surface area contributed by atoms with Crippen molar-refractivity contribution >= 4 is 0 Å². The molecule has 4 rings (SSSR count). The monoisotopic (exact) mass is 435 g/mol. The maximum Gasteiger partial charge on any atom is 0.0991 e. The van der Waals surface area contributed by atoms with Gasteiger partial charge in [0.1, 0.15) is 0 Å². The molecule has 0 aliphatic heterocycles. The summed E-state index contributed by atoms with van der Waals surface area (Å²) in [6.07, 6.45) is 12.8. The van der Waals surface area contributed by atoms with Gasteiger partial charge in [-0.05, 0) is 58.4 Å². The summed E-state index contributed by atoms with van der Waals surface area (Å²) in [7, 11) is 0. The lowest BCUT2D eigenvalue weighted by Crippen LogP contribution is -2.26. The Morgan fingerprint density at radius 3 is 1.88 bits per heavy atom. The summed E-state index contributed by atoms with van der Waals surface area (Å²) in [5.41, 5.74) is 9.28. The van der Waals surface area contributed by atoms with Gasteiger partial charge in [-0.2, -0.15) is 5.26 Å². The van der Waals surface area contributed by atoms with Gasteiger partial charge in [0.15, 0.2) is 0 Å². The summed E-state index contributed by atoms with van der Waals surface area (Å²) in [4.78, 5) is 0. The van der Waals surface area contributed by atoms with Crippen LogP contribution in [0.2, 0.25) is 0 Å². The number of unbranched alkanes of at least 4 members (excludes halogenated alkanes) is 6. The van der Waals surface area contributed by atoms with Crippen LogP contribution in [0.5, 0.6) is 0 Å². The van der Waals surface area contributed by atoms with Gasteiger partial charge in [0.25, 0.3) is 0 Å². The Hall–Kier alpha value is -2.85. The molecule has 0 spiro atoms. The Morgan fingerprint density at radius 2 is 1.24 bits per heavy atom. The predicted molar refractivity (Wildman–Crippen MR) is 140 cm³/mol. The molecule has 1 nitrogen and oxygen atoms in total. The third kappa shape index (κ3) is 4.63. The Kier molecular flexibility index (Phi) is 7.66. The van der Waals surface area contributed by atoms with E-state index in [1.54, 1.807) is 0 Å². The maximum atomic E-state index is 9.29. The highest BCUT2D eigenvalue weighted by molar-refractivity contribution is 5.88. The molecule has 0 bridgehead atoms. The van der Waals surface area contributed by atoms with E-state index in [-0.39, 0.29) is 5.41 Å². The molecule has 1 aliphatic carbocycles. The van der Waals surface area contributed by atoms with Gasteiger partial charge in [-0.1, -0.05) is 120 Å². The molecular weight excluding hydrogens is 398 g/mol. The summed E-state index contributed by atoms with van der Waals surface area (Å²) in [6.45, 7) is 4.59. The molecule has 0 atom stereocenters. The van der Waals surface area contributed by atoms with Gasteiger partial charge in [-0.25, -0.2) is 0 Å². The van der Waals surface area contributed by atoms with E-state index in [2.05, 4.69) is 74.5 Å². The number of nitriles is 1.